The van der Waals surface area contributed by atoms with E-state index in [1.165, 1.54) is 18.1 Å². The van der Waals surface area contributed by atoms with Crippen LogP contribution >= 0.6 is 11.8 Å². The zero-order valence-electron chi connectivity index (χ0n) is 8.29. The normalized spacial score (nSPS) is 29.2. The highest BCUT2D eigenvalue weighted by Gasteiger charge is 2.26. The van der Waals surface area contributed by atoms with Gasteiger partial charge in [0, 0.05) is 30.1 Å². The van der Waals surface area contributed by atoms with Crippen LogP contribution < -0.4 is 5.73 Å². The van der Waals surface area contributed by atoms with Crippen molar-refractivity contribution < 1.29 is 0 Å². The lowest BCUT2D eigenvalue weighted by molar-refractivity contribution is 0.210. The Morgan fingerprint density at radius 2 is 2.17 bits per heavy atom. The number of hydrogen-bond donors (Lipinski definition) is 1. The minimum absolute atomic E-state index is 0.336. The van der Waals surface area contributed by atoms with Gasteiger partial charge in [0.05, 0.1) is 0 Å². The summed E-state index contributed by atoms with van der Waals surface area (Å²) in [4.78, 5) is 2.40. The first-order valence-corrected chi connectivity index (χ1v) is 5.82. The van der Waals surface area contributed by atoms with Gasteiger partial charge in [-0.15, -0.1) is 0 Å². The monoisotopic (exact) mass is 188 g/mol. The van der Waals surface area contributed by atoms with Crippen LogP contribution in [0.25, 0.3) is 0 Å². The van der Waals surface area contributed by atoms with E-state index in [0.717, 1.165) is 0 Å². The summed E-state index contributed by atoms with van der Waals surface area (Å²) in [6.07, 6.45) is 0. The van der Waals surface area contributed by atoms with Gasteiger partial charge in [-0.25, -0.2) is 0 Å². The van der Waals surface area contributed by atoms with E-state index in [1.54, 1.807) is 0 Å². The Labute approximate surface area is 79.9 Å². The molecule has 0 aromatic carbocycles. The fourth-order valence-corrected chi connectivity index (χ4v) is 2.86. The first-order valence-electron chi connectivity index (χ1n) is 4.66. The highest BCUT2D eigenvalue weighted by atomic mass is 32.2. The number of likely N-dealkylation sites (N-methyl/N-ethyl adjacent to an activating group) is 1. The van der Waals surface area contributed by atoms with Crippen LogP contribution in [0.3, 0.4) is 0 Å². The molecule has 2 atom stereocenters. The van der Waals surface area contributed by atoms with Crippen LogP contribution in [0, 0.1) is 5.92 Å². The van der Waals surface area contributed by atoms with Crippen molar-refractivity contribution in [3.8, 4) is 0 Å². The van der Waals surface area contributed by atoms with Crippen molar-refractivity contribution in [1.29, 1.82) is 0 Å². The molecule has 0 aromatic heterocycles. The van der Waals surface area contributed by atoms with Gasteiger partial charge in [0.25, 0.3) is 0 Å². The fraction of sp³-hybridized carbons (Fsp3) is 1.00. The summed E-state index contributed by atoms with van der Waals surface area (Å²) in [7, 11) is 2.19. The van der Waals surface area contributed by atoms with E-state index in [2.05, 4.69) is 25.8 Å². The van der Waals surface area contributed by atoms with Crippen molar-refractivity contribution in [1.82, 2.24) is 4.90 Å². The van der Waals surface area contributed by atoms with Crippen LogP contribution in [0.2, 0.25) is 0 Å². The molecule has 1 aliphatic rings. The average molecular weight is 188 g/mol. The molecular weight excluding hydrogens is 168 g/mol. The molecule has 1 saturated heterocycles. The zero-order chi connectivity index (χ0) is 9.14. The molecule has 0 aromatic rings. The molecule has 0 spiro atoms. The average Bonchev–Trinajstić information content (AvgIpc) is 2.04. The van der Waals surface area contributed by atoms with Crippen molar-refractivity contribution in [3.05, 3.63) is 0 Å². The lowest BCUT2D eigenvalue weighted by Crippen LogP contribution is -2.52. The van der Waals surface area contributed by atoms with Gasteiger partial charge in [-0.3, -0.25) is 0 Å². The van der Waals surface area contributed by atoms with Crippen molar-refractivity contribution in [3.63, 3.8) is 0 Å². The Hall–Kier alpha value is 0.270. The van der Waals surface area contributed by atoms with Crippen LogP contribution in [0.5, 0.6) is 0 Å². The van der Waals surface area contributed by atoms with E-state index in [9.17, 15) is 0 Å². The summed E-state index contributed by atoms with van der Waals surface area (Å²) in [5.74, 6) is 3.06. The summed E-state index contributed by atoms with van der Waals surface area (Å²) in [5.41, 5.74) is 6.13. The predicted octanol–water partition coefficient (Wildman–Crippen LogP) is 1.02. The van der Waals surface area contributed by atoms with Crippen molar-refractivity contribution >= 4 is 11.8 Å². The number of nitrogens with zero attached hydrogens (tertiary/aromatic N) is 1. The molecule has 2 N–H and O–H groups in total. The summed E-state index contributed by atoms with van der Waals surface area (Å²) >= 11 is 2.03. The lowest BCUT2D eigenvalue weighted by Gasteiger charge is -2.37. The molecule has 12 heavy (non-hydrogen) atoms. The molecule has 1 heterocycles. The summed E-state index contributed by atoms with van der Waals surface area (Å²) < 4.78 is 0. The largest absolute Gasteiger partial charge is 0.326 e. The van der Waals surface area contributed by atoms with Crippen LogP contribution in [0.1, 0.15) is 13.8 Å². The highest BCUT2D eigenvalue weighted by molar-refractivity contribution is 7.99. The second kappa shape index (κ2) is 4.49. The van der Waals surface area contributed by atoms with E-state index < -0.39 is 0 Å². The standard InChI is InChI=1S/C9H20N2S/c1-7(2)9(10)8-6-12-5-4-11(8)3/h7-9H,4-6,10H2,1-3H3. The number of rotatable bonds is 2. The van der Waals surface area contributed by atoms with Crippen LogP contribution in [-0.4, -0.2) is 42.1 Å². The van der Waals surface area contributed by atoms with E-state index in [0.29, 0.717) is 18.0 Å². The van der Waals surface area contributed by atoms with Crippen LogP contribution in [-0.2, 0) is 0 Å². The topological polar surface area (TPSA) is 29.3 Å². The minimum Gasteiger partial charge on any atom is -0.326 e. The fourth-order valence-electron chi connectivity index (χ4n) is 1.55. The maximum atomic E-state index is 6.13. The summed E-state index contributed by atoms with van der Waals surface area (Å²) in [6.45, 7) is 5.60. The Bertz CT molecular complexity index is 138. The number of hydrogen-bond acceptors (Lipinski definition) is 3. The molecule has 0 radical (unpaired) electrons. The van der Waals surface area contributed by atoms with Crippen LogP contribution in [0.4, 0.5) is 0 Å². The maximum Gasteiger partial charge on any atom is 0.0337 e. The molecule has 0 aliphatic carbocycles. The number of thioether (sulfide) groups is 1. The van der Waals surface area contributed by atoms with Gasteiger partial charge >= 0.3 is 0 Å². The summed E-state index contributed by atoms with van der Waals surface area (Å²) in [6, 6.07) is 0.923. The molecule has 1 rings (SSSR count). The van der Waals surface area contributed by atoms with Crippen molar-refractivity contribution in [2.45, 2.75) is 25.9 Å². The third-order valence-corrected chi connectivity index (χ3v) is 3.71. The first kappa shape index (κ1) is 10.4. The Balaban J connectivity index is 2.47. The quantitative estimate of drug-likeness (QED) is 0.701. The SMILES string of the molecule is CC(C)C(N)C1CSCCN1C. The summed E-state index contributed by atoms with van der Waals surface area (Å²) in [5, 5.41) is 0. The zero-order valence-corrected chi connectivity index (χ0v) is 9.10. The van der Waals surface area contributed by atoms with Crippen molar-refractivity contribution in [2.24, 2.45) is 11.7 Å². The molecule has 1 aliphatic heterocycles. The van der Waals surface area contributed by atoms with E-state index in [-0.39, 0.29) is 0 Å². The third-order valence-electron chi connectivity index (χ3n) is 2.66. The smallest absolute Gasteiger partial charge is 0.0337 e. The third kappa shape index (κ3) is 2.38. The van der Waals surface area contributed by atoms with Gasteiger partial charge in [-0.1, -0.05) is 13.8 Å². The van der Waals surface area contributed by atoms with Gasteiger partial charge in [0.1, 0.15) is 0 Å². The Morgan fingerprint density at radius 3 is 2.67 bits per heavy atom. The predicted molar refractivity (Wildman–Crippen MR) is 56.6 cm³/mol. The maximum absolute atomic E-state index is 6.13. The van der Waals surface area contributed by atoms with E-state index in [4.69, 9.17) is 5.73 Å². The molecular formula is C9H20N2S. The molecule has 3 heteroatoms. The van der Waals surface area contributed by atoms with Gasteiger partial charge < -0.3 is 10.6 Å². The van der Waals surface area contributed by atoms with Crippen LogP contribution in [0.15, 0.2) is 0 Å². The lowest BCUT2D eigenvalue weighted by atomic mass is 9.97. The van der Waals surface area contributed by atoms with Gasteiger partial charge in [0.2, 0.25) is 0 Å². The molecule has 0 saturated carbocycles. The highest BCUT2D eigenvalue weighted by Crippen LogP contribution is 2.19. The first-order chi connectivity index (χ1) is 5.63. The molecule has 72 valence electrons. The van der Waals surface area contributed by atoms with Gasteiger partial charge in [-0.2, -0.15) is 11.8 Å². The molecule has 0 amide bonds. The van der Waals surface area contributed by atoms with Gasteiger partial charge in [0.15, 0.2) is 0 Å². The molecule has 0 bridgehead atoms. The molecule has 1 fully saturated rings. The Kier molecular flexibility index (Phi) is 3.87. The van der Waals surface area contributed by atoms with Crippen molar-refractivity contribution in [2.75, 3.05) is 25.1 Å². The second-order valence-electron chi connectivity index (χ2n) is 3.94. The minimum atomic E-state index is 0.336. The Morgan fingerprint density at radius 1 is 1.50 bits per heavy atom. The second-order valence-corrected chi connectivity index (χ2v) is 5.09. The van der Waals surface area contributed by atoms with E-state index >= 15 is 0 Å². The van der Waals surface area contributed by atoms with Gasteiger partial charge in [-0.05, 0) is 13.0 Å². The van der Waals surface area contributed by atoms with E-state index in [1.807, 2.05) is 11.8 Å². The molecule has 2 unspecified atom stereocenters. The number of nitrogens with two attached hydrogens (primary N) is 1. The molecule has 2 nitrogen and oxygen atoms in total.